The molecule has 0 bridgehead atoms. The summed E-state index contributed by atoms with van der Waals surface area (Å²) in [5.74, 6) is 0.987. The van der Waals surface area contributed by atoms with E-state index in [-0.39, 0.29) is 0 Å². The van der Waals surface area contributed by atoms with Crippen molar-refractivity contribution in [1.29, 1.82) is 0 Å². The van der Waals surface area contributed by atoms with Gasteiger partial charge in [0.2, 0.25) is 5.95 Å². The van der Waals surface area contributed by atoms with E-state index >= 15 is 0 Å². The lowest BCUT2D eigenvalue weighted by Gasteiger charge is -2.24. The van der Waals surface area contributed by atoms with Gasteiger partial charge in [-0.05, 0) is 38.2 Å². The second-order valence-electron chi connectivity index (χ2n) is 5.73. The SMILES string of the molecule is CSc1ccccc1-n1cc(C)nc1NC1CCCCC1. The second kappa shape index (κ2) is 6.56. The molecule has 3 rings (SSSR count). The van der Waals surface area contributed by atoms with Gasteiger partial charge >= 0.3 is 0 Å². The normalized spacial score (nSPS) is 16.1. The van der Waals surface area contributed by atoms with Crippen LogP contribution in [0.3, 0.4) is 0 Å². The number of hydrogen-bond acceptors (Lipinski definition) is 3. The quantitative estimate of drug-likeness (QED) is 0.834. The first kappa shape index (κ1) is 14.5. The largest absolute Gasteiger partial charge is 0.353 e. The first-order valence-corrected chi connectivity index (χ1v) is 8.96. The van der Waals surface area contributed by atoms with Gasteiger partial charge in [0.05, 0.1) is 11.4 Å². The summed E-state index contributed by atoms with van der Waals surface area (Å²) in [4.78, 5) is 5.98. The standard InChI is InChI=1S/C17H23N3S/c1-13-12-20(15-10-6-7-11-16(15)21-2)17(18-13)19-14-8-4-3-5-9-14/h6-7,10-12,14H,3-5,8-9H2,1-2H3,(H,18,19). The van der Waals surface area contributed by atoms with E-state index in [1.54, 1.807) is 11.8 Å². The van der Waals surface area contributed by atoms with Crippen molar-refractivity contribution >= 4 is 17.7 Å². The highest BCUT2D eigenvalue weighted by atomic mass is 32.2. The Labute approximate surface area is 131 Å². The van der Waals surface area contributed by atoms with E-state index in [9.17, 15) is 0 Å². The van der Waals surface area contributed by atoms with Crippen molar-refractivity contribution in [2.75, 3.05) is 11.6 Å². The zero-order valence-electron chi connectivity index (χ0n) is 12.8. The topological polar surface area (TPSA) is 29.9 Å². The molecule has 1 aliphatic carbocycles. The van der Waals surface area contributed by atoms with Gasteiger partial charge in [-0.1, -0.05) is 31.4 Å². The molecule has 0 aliphatic heterocycles. The molecule has 0 spiro atoms. The fraction of sp³-hybridized carbons (Fsp3) is 0.471. The number of nitrogens with one attached hydrogen (secondary N) is 1. The minimum atomic E-state index is 0.570. The Morgan fingerprint density at radius 3 is 2.71 bits per heavy atom. The Balaban J connectivity index is 1.91. The van der Waals surface area contributed by atoms with Crippen molar-refractivity contribution in [2.45, 2.75) is 50.0 Å². The number of nitrogens with zero attached hydrogens (tertiary/aromatic N) is 2. The maximum absolute atomic E-state index is 4.70. The minimum Gasteiger partial charge on any atom is -0.353 e. The summed E-state index contributed by atoms with van der Waals surface area (Å²) in [6.07, 6.45) is 10.8. The van der Waals surface area contributed by atoms with Gasteiger partial charge in [-0.2, -0.15) is 0 Å². The van der Waals surface area contributed by atoms with Crippen LogP contribution in [0.4, 0.5) is 5.95 Å². The summed E-state index contributed by atoms with van der Waals surface area (Å²) >= 11 is 1.78. The van der Waals surface area contributed by atoms with Gasteiger partial charge in [-0.25, -0.2) is 4.98 Å². The molecule has 0 radical (unpaired) electrons. The molecule has 1 aromatic heterocycles. The summed E-state index contributed by atoms with van der Waals surface area (Å²) in [7, 11) is 0. The molecule has 21 heavy (non-hydrogen) atoms. The molecule has 0 atom stereocenters. The third-order valence-electron chi connectivity index (χ3n) is 4.11. The van der Waals surface area contributed by atoms with Gasteiger partial charge < -0.3 is 5.32 Å². The highest BCUT2D eigenvalue weighted by Gasteiger charge is 2.17. The molecule has 1 saturated carbocycles. The molecule has 1 aromatic carbocycles. The van der Waals surface area contributed by atoms with Gasteiger partial charge in [0.1, 0.15) is 0 Å². The Hall–Kier alpha value is -1.42. The fourth-order valence-corrected chi connectivity index (χ4v) is 3.63. The van der Waals surface area contributed by atoms with Crippen LogP contribution < -0.4 is 5.32 Å². The van der Waals surface area contributed by atoms with Crippen LogP contribution in [-0.4, -0.2) is 21.8 Å². The van der Waals surface area contributed by atoms with Gasteiger partial charge in [0, 0.05) is 17.1 Å². The zero-order chi connectivity index (χ0) is 14.7. The van der Waals surface area contributed by atoms with Crippen LogP contribution in [0.1, 0.15) is 37.8 Å². The van der Waals surface area contributed by atoms with Crippen LogP contribution >= 0.6 is 11.8 Å². The van der Waals surface area contributed by atoms with Crippen molar-refractivity contribution in [3.05, 3.63) is 36.2 Å². The van der Waals surface area contributed by atoms with Crippen molar-refractivity contribution in [3.63, 3.8) is 0 Å². The minimum absolute atomic E-state index is 0.570. The lowest BCUT2D eigenvalue weighted by molar-refractivity contribution is 0.460. The first-order chi connectivity index (χ1) is 10.3. The van der Waals surface area contributed by atoms with Gasteiger partial charge in [0.25, 0.3) is 0 Å². The van der Waals surface area contributed by atoms with Crippen LogP contribution in [0.5, 0.6) is 0 Å². The maximum atomic E-state index is 4.70. The van der Waals surface area contributed by atoms with E-state index in [0.29, 0.717) is 6.04 Å². The summed E-state index contributed by atoms with van der Waals surface area (Å²) in [5.41, 5.74) is 2.27. The summed E-state index contributed by atoms with van der Waals surface area (Å²) in [5, 5.41) is 3.66. The third kappa shape index (κ3) is 3.26. The molecule has 1 heterocycles. The molecule has 4 heteroatoms. The molecule has 0 saturated heterocycles. The van der Waals surface area contributed by atoms with E-state index in [0.717, 1.165) is 11.6 Å². The number of imidazole rings is 1. The van der Waals surface area contributed by atoms with Crippen molar-refractivity contribution < 1.29 is 0 Å². The lowest BCUT2D eigenvalue weighted by atomic mass is 9.96. The molecule has 2 aromatic rings. The van der Waals surface area contributed by atoms with Gasteiger partial charge in [-0.15, -0.1) is 11.8 Å². The third-order valence-corrected chi connectivity index (χ3v) is 4.89. The number of thioether (sulfide) groups is 1. The number of anilines is 1. The lowest BCUT2D eigenvalue weighted by Crippen LogP contribution is -2.24. The number of para-hydroxylation sites is 1. The van der Waals surface area contributed by atoms with Crippen LogP contribution in [0, 0.1) is 6.92 Å². The number of rotatable bonds is 4. The van der Waals surface area contributed by atoms with E-state index in [4.69, 9.17) is 4.98 Å². The number of aromatic nitrogens is 2. The van der Waals surface area contributed by atoms with Crippen LogP contribution in [0.15, 0.2) is 35.4 Å². The Kier molecular flexibility index (Phi) is 4.54. The average Bonchev–Trinajstić information content (AvgIpc) is 2.88. The second-order valence-corrected chi connectivity index (χ2v) is 6.58. The highest BCUT2D eigenvalue weighted by Crippen LogP contribution is 2.28. The zero-order valence-corrected chi connectivity index (χ0v) is 13.6. The van der Waals surface area contributed by atoms with E-state index in [1.807, 2.05) is 0 Å². The fourth-order valence-electron chi connectivity index (χ4n) is 3.04. The maximum Gasteiger partial charge on any atom is 0.207 e. The number of hydrogen-bond donors (Lipinski definition) is 1. The number of aryl methyl sites for hydroxylation is 1. The van der Waals surface area contributed by atoms with Crippen molar-refractivity contribution in [1.82, 2.24) is 9.55 Å². The molecule has 0 amide bonds. The molecule has 3 nitrogen and oxygen atoms in total. The molecule has 112 valence electrons. The van der Waals surface area contributed by atoms with Crippen molar-refractivity contribution in [3.8, 4) is 5.69 Å². The van der Waals surface area contributed by atoms with E-state index < -0.39 is 0 Å². The Morgan fingerprint density at radius 2 is 1.95 bits per heavy atom. The molecular weight excluding hydrogens is 278 g/mol. The molecule has 1 fully saturated rings. The van der Waals surface area contributed by atoms with E-state index in [1.165, 1.54) is 42.7 Å². The summed E-state index contributed by atoms with van der Waals surface area (Å²) < 4.78 is 2.20. The molecule has 1 aliphatic rings. The van der Waals surface area contributed by atoms with Crippen molar-refractivity contribution in [2.24, 2.45) is 0 Å². The molecule has 1 N–H and O–H groups in total. The first-order valence-electron chi connectivity index (χ1n) is 7.74. The number of benzene rings is 1. The predicted molar refractivity (Wildman–Crippen MR) is 90.6 cm³/mol. The Morgan fingerprint density at radius 1 is 1.19 bits per heavy atom. The smallest absolute Gasteiger partial charge is 0.207 e. The van der Waals surface area contributed by atoms with Crippen LogP contribution in [-0.2, 0) is 0 Å². The summed E-state index contributed by atoms with van der Waals surface area (Å²) in [6.45, 7) is 2.06. The van der Waals surface area contributed by atoms with Gasteiger partial charge in [-0.3, -0.25) is 4.57 Å². The van der Waals surface area contributed by atoms with Crippen LogP contribution in [0.2, 0.25) is 0 Å². The predicted octanol–water partition coefficient (Wildman–Crippen LogP) is 4.65. The average molecular weight is 301 g/mol. The monoisotopic (exact) mass is 301 g/mol. The van der Waals surface area contributed by atoms with Crippen LogP contribution in [0.25, 0.3) is 5.69 Å². The highest BCUT2D eigenvalue weighted by molar-refractivity contribution is 7.98. The van der Waals surface area contributed by atoms with Gasteiger partial charge in [0.15, 0.2) is 0 Å². The molecular formula is C17H23N3S. The summed E-state index contributed by atoms with van der Waals surface area (Å²) in [6, 6.07) is 9.08. The molecule has 0 unspecified atom stereocenters. The van der Waals surface area contributed by atoms with E-state index in [2.05, 4.69) is 53.5 Å². The Bertz CT molecular complexity index is 600.